The standard InChI is InChI=1S/C30H30O15S3.3Na/c31-44-45-46-28-7-1-22(2-8-28)38-13-16-41-25-19-26(42-17-14-39-23-3-9-29(10-4-23)47(32,33)34)21-27(20-25)43-18-15-40-24-5-11-30(12-6-24)48(35,36)37;;;/h1-12,19-21,31H,13-18H2,(H,32,33,34)(H,35,36,37);;;/q;3*+1/p-3. The van der Waals surface area contributed by atoms with Crippen LogP contribution >= 0.6 is 12.0 Å². The van der Waals surface area contributed by atoms with Crippen molar-refractivity contribution in [2.75, 3.05) is 39.6 Å². The maximum absolute atomic E-state index is 11.1. The zero-order valence-electron chi connectivity index (χ0n) is 27.8. The minimum Gasteiger partial charge on any atom is -0.744 e. The molecule has 258 valence electrons. The van der Waals surface area contributed by atoms with Crippen molar-refractivity contribution in [1.29, 1.82) is 0 Å². The Balaban J connectivity index is 0.00000433. The van der Waals surface area contributed by atoms with Crippen molar-refractivity contribution in [3.8, 4) is 34.5 Å². The second kappa shape index (κ2) is 24.2. The first-order valence-electron chi connectivity index (χ1n) is 13.8. The van der Waals surface area contributed by atoms with Crippen LogP contribution in [0.5, 0.6) is 34.5 Å². The predicted molar refractivity (Wildman–Crippen MR) is 163 cm³/mol. The molecular formula is C30H27Na3O15S3. The molecule has 0 aliphatic heterocycles. The van der Waals surface area contributed by atoms with Crippen LogP contribution in [0.1, 0.15) is 0 Å². The van der Waals surface area contributed by atoms with Crippen LogP contribution in [-0.2, 0) is 29.6 Å². The number of rotatable bonds is 20. The summed E-state index contributed by atoms with van der Waals surface area (Å²) in [6.45, 7) is 0.702. The third-order valence-electron chi connectivity index (χ3n) is 5.92. The molecule has 0 amide bonds. The van der Waals surface area contributed by atoms with Crippen LogP contribution in [0, 0.1) is 0 Å². The van der Waals surface area contributed by atoms with Crippen molar-refractivity contribution in [2.45, 2.75) is 14.7 Å². The quantitative estimate of drug-likeness (QED) is 0.0204. The Morgan fingerprint density at radius 3 is 1.00 bits per heavy atom. The summed E-state index contributed by atoms with van der Waals surface area (Å²) in [7, 11) is -9.13. The van der Waals surface area contributed by atoms with Crippen LogP contribution in [0.2, 0.25) is 0 Å². The van der Waals surface area contributed by atoms with Crippen molar-refractivity contribution in [2.24, 2.45) is 0 Å². The van der Waals surface area contributed by atoms with Crippen molar-refractivity contribution < 1.29 is 158 Å². The molecule has 0 unspecified atom stereocenters. The predicted octanol–water partition coefficient (Wildman–Crippen LogP) is -5.89. The minimum absolute atomic E-state index is 0. The van der Waals surface area contributed by atoms with E-state index >= 15 is 0 Å². The van der Waals surface area contributed by atoms with E-state index < -0.39 is 20.2 Å². The van der Waals surface area contributed by atoms with Crippen molar-refractivity contribution in [3.05, 3.63) is 91.0 Å². The van der Waals surface area contributed by atoms with Crippen molar-refractivity contribution >= 4 is 32.3 Å². The van der Waals surface area contributed by atoms with Crippen LogP contribution in [-0.4, -0.2) is 65.6 Å². The van der Waals surface area contributed by atoms with Gasteiger partial charge in [-0.05, 0) is 72.8 Å². The molecule has 4 aromatic rings. The van der Waals surface area contributed by atoms with Crippen LogP contribution in [0.4, 0.5) is 0 Å². The van der Waals surface area contributed by atoms with Gasteiger partial charge in [0.1, 0.15) is 94.4 Å². The van der Waals surface area contributed by atoms with Gasteiger partial charge in [0.05, 0.1) is 21.8 Å². The molecule has 0 aromatic heterocycles. The first kappa shape index (κ1) is 47.8. The number of benzene rings is 4. The van der Waals surface area contributed by atoms with E-state index in [1.165, 1.54) is 24.3 Å². The maximum atomic E-state index is 11.1. The fourth-order valence-electron chi connectivity index (χ4n) is 3.80. The third kappa shape index (κ3) is 17.6. The van der Waals surface area contributed by atoms with Gasteiger partial charge in [0.25, 0.3) is 0 Å². The summed E-state index contributed by atoms with van der Waals surface area (Å²) in [5.41, 5.74) is 0. The number of hydrogen-bond acceptors (Lipinski definition) is 16. The molecular weight excluding hydrogens is 765 g/mol. The first-order valence-corrected chi connectivity index (χ1v) is 17.3. The Morgan fingerprint density at radius 1 is 0.451 bits per heavy atom. The second-order valence-corrected chi connectivity index (χ2v) is 12.8. The van der Waals surface area contributed by atoms with Gasteiger partial charge in [0.2, 0.25) is 0 Å². The normalized spacial score (nSPS) is 10.8. The number of ether oxygens (including phenoxy) is 6. The molecule has 0 spiro atoms. The molecule has 0 saturated carbocycles. The fourth-order valence-corrected chi connectivity index (χ4v) is 5.09. The van der Waals surface area contributed by atoms with E-state index in [1.807, 2.05) is 0 Å². The molecule has 51 heavy (non-hydrogen) atoms. The van der Waals surface area contributed by atoms with Gasteiger partial charge in [-0.15, -0.1) is 0 Å². The molecule has 0 N–H and O–H groups in total. The topological polar surface area (TPSA) is 211 Å². The summed E-state index contributed by atoms with van der Waals surface area (Å²) in [6, 6.07) is 21.7. The van der Waals surface area contributed by atoms with Gasteiger partial charge in [-0.1, -0.05) is 0 Å². The summed E-state index contributed by atoms with van der Waals surface area (Å²) in [4.78, 5) is -0.0998. The third-order valence-corrected chi connectivity index (χ3v) is 8.21. The van der Waals surface area contributed by atoms with Crippen molar-refractivity contribution in [1.82, 2.24) is 0 Å². The molecule has 0 aliphatic carbocycles. The van der Waals surface area contributed by atoms with Gasteiger partial charge in [0.15, 0.2) is 0 Å². The van der Waals surface area contributed by atoms with Gasteiger partial charge in [-0.2, -0.15) is 4.33 Å². The minimum atomic E-state index is -4.56. The molecule has 0 fully saturated rings. The molecule has 0 aliphatic rings. The van der Waals surface area contributed by atoms with E-state index in [1.54, 1.807) is 42.5 Å². The van der Waals surface area contributed by atoms with Crippen LogP contribution < -0.4 is 122 Å². The molecule has 4 rings (SSSR count). The first-order chi connectivity index (χ1) is 23.0. The molecule has 15 nitrogen and oxygen atoms in total. The maximum Gasteiger partial charge on any atom is 1.00 e. The summed E-state index contributed by atoms with van der Waals surface area (Å²) in [5, 5.41) is 13.3. The molecule has 0 saturated heterocycles. The smallest absolute Gasteiger partial charge is 0.744 e. The average Bonchev–Trinajstić information content (AvgIpc) is 3.06. The molecule has 0 heterocycles. The summed E-state index contributed by atoms with van der Waals surface area (Å²) >= 11 is 0.756. The molecule has 4 aromatic carbocycles. The zero-order chi connectivity index (χ0) is 34.4. The van der Waals surface area contributed by atoms with Crippen LogP contribution in [0.15, 0.2) is 106 Å². The van der Waals surface area contributed by atoms with Crippen LogP contribution in [0.3, 0.4) is 0 Å². The van der Waals surface area contributed by atoms with E-state index in [2.05, 4.69) is 9.37 Å². The zero-order valence-corrected chi connectivity index (χ0v) is 36.2. The van der Waals surface area contributed by atoms with E-state index in [4.69, 9.17) is 28.4 Å². The summed E-state index contributed by atoms with van der Waals surface area (Å²) in [5.74, 6) is 2.41. The van der Waals surface area contributed by atoms with E-state index in [9.17, 15) is 31.2 Å². The van der Waals surface area contributed by atoms with Gasteiger partial charge >= 0.3 is 88.7 Å². The largest absolute Gasteiger partial charge is 1.00 e. The summed E-state index contributed by atoms with van der Waals surface area (Å²) in [6.07, 6.45) is 0. The van der Waals surface area contributed by atoms with Crippen LogP contribution in [0.25, 0.3) is 0 Å². The van der Waals surface area contributed by atoms with Crippen molar-refractivity contribution in [3.63, 3.8) is 0 Å². The van der Waals surface area contributed by atoms with E-state index in [0.717, 1.165) is 36.3 Å². The average molecular weight is 793 g/mol. The fraction of sp³-hybridized carbons (Fsp3) is 0.200. The van der Waals surface area contributed by atoms with Gasteiger partial charge in [-0.3, -0.25) is 5.04 Å². The Labute approximate surface area is 365 Å². The molecule has 21 heteroatoms. The number of hydrogen-bond donors (Lipinski definition) is 0. The Morgan fingerprint density at radius 2 is 0.725 bits per heavy atom. The summed E-state index contributed by atoms with van der Waals surface area (Å²) < 4.78 is 105. The molecule has 0 bridgehead atoms. The van der Waals surface area contributed by atoms with Gasteiger partial charge in [0, 0.05) is 23.1 Å². The Kier molecular flexibility index (Phi) is 22.7. The molecule has 0 radical (unpaired) electrons. The Bertz CT molecular complexity index is 1710. The monoisotopic (exact) mass is 792 g/mol. The van der Waals surface area contributed by atoms with E-state index in [-0.39, 0.29) is 138 Å². The van der Waals surface area contributed by atoms with E-state index in [0.29, 0.717) is 39.4 Å². The SMILES string of the molecule is O=S(=O)([O-])c1ccc(OCCOc2cc(OCCOc3ccc(SOO[O-])cc3)cc(OCCOc3ccc(S(=O)(=O)[O-])cc3)c2)cc1.[Na+].[Na+].[Na+]. The molecule has 0 atom stereocenters. The van der Waals surface area contributed by atoms with Gasteiger partial charge < -0.3 is 42.8 Å². The second-order valence-electron chi connectivity index (χ2n) is 9.27. The van der Waals surface area contributed by atoms with Gasteiger partial charge in [-0.25, -0.2) is 16.8 Å². The Hall–Kier alpha value is -1.27.